The number of anilines is 1. The molecule has 0 unspecified atom stereocenters. The summed E-state index contributed by atoms with van der Waals surface area (Å²) in [5.41, 5.74) is 3.49. The molecule has 0 saturated heterocycles. The maximum absolute atomic E-state index is 11.8. The molecule has 0 bridgehead atoms. The van der Waals surface area contributed by atoms with Crippen molar-refractivity contribution in [1.82, 2.24) is 0 Å². The minimum absolute atomic E-state index is 0.195. The monoisotopic (exact) mass is 509 g/mol. The molecule has 2 aromatic rings. The average Bonchev–Trinajstić information content (AvgIpc) is 2.99. The fourth-order valence-electron chi connectivity index (χ4n) is 6.35. The van der Waals surface area contributed by atoms with Crippen LogP contribution in [0.15, 0.2) is 48.6 Å². The van der Waals surface area contributed by atoms with E-state index in [0.717, 1.165) is 74.5 Å². The molecule has 0 amide bonds. The van der Waals surface area contributed by atoms with Crippen LogP contribution in [0.1, 0.15) is 66.9 Å². The van der Waals surface area contributed by atoms with Crippen molar-refractivity contribution in [3.8, 4) is 5.75 Å². The van der Waals surface area contributed by atoms with Gasteiger partial charge in [0.25, 0.3) is 0 Å². The number of aryl methyl sites for hydroxylation is 1. The molecule has 2 aromatic carbocycles. The van der Waals surface area contributed by atoms with E-state index in [4.69, 9.17) is 16.3 Å². The van der Waals surface area contributed by atoms with Crippen molar-refractivity contribution in [3.63, 3.8) is 0 Å². The van der Waals surface area contributed by atoms with Crippen LogP contribution in [0.5, 0.6) is 5.75 Å². The van der Waals surface area contributed by atoms with Crippen LogP contribution < -0.4 is 9.64 Å². The third-order valence-electron chi connectivity index (χ3n) is 8.44. The first-order valence-corrected chi connectivity index (χ1v) is 13.7. The molecule has 0 aromatic heterocycles. The number of carbonyl (C=O) groups is 1. The van der Waals surface area contributed by atoms with Gasteiger partial charge in [0, 0.05) is 23.5 Å². The Labute approximate surface area is 218 Å². The van der Waals surface area contributed by atoms with Crippen LogP contribution in [0, 0.1) is 11.8 Å². The minimum atomic E-state index is -0.938. The number of halogens is 1. The molecule has 1 saturated carbocycles. The fourth-order valence-corrected chi connectivity index (χ4v) is 6.54. The highest BCUT2D eigenvalue weighted by molar-refractivity contribution is 6.30. The number of hydrogen-bond acceptors (Lipinski definition) is 4. The second-order valence-corrected chi connectivity index (χ2v) is 11.2. The molecule has 1 spiro atoms. The van der Waals surface area contributed by atoms with Crippen LogP contribution in [0.25, 0.3) is 0 Å². The zero-order chi connectivity index (χ0) is 25.3. The van der Waals surface area contributed by atoms with Gasteiger partial charge in [0.15, 0.2) is 0 Å². The molecule has 5 rings (SSSR count). The van der Waals surface area contributed by atoms with Gasteiger partial charge < -0.3 is 19.8 Å². The normalized spacial score (nSPS) is 26.0. The Bertz CT molecular complexity index is 1150. The number of nitrogens with zero attached hydrogens (tertiary/aromatic N) is 1. The van der Waals surface area contributed by atoms with Gasteiger partial charge in [0.05, 0.1) is 24.0 Å². The number of benzene rings is 2. The van der Waals surface area contributed by atoms with Gasteiger partial charge in [-0.2, -0.15) is 0 Å². The summed E-state index contributed by atoms with van der Waals surface area (Å²) in [7, 11) is 0. The molecule has 2 N–H and O–H groups in total. The highest BCUT2D eigenvalue weighted by atomic mass is 35.5. The van der Waals surface area contributed by atoms with Crippen LogP contribution in [0.2, 0.25) is 5.02 Å². The largest absolute Gasteiger partial charge is 0.490 e. The van der Waals surface area contributed by atoms with Crippen molar-refractivity contribution in [1.29, 1.82) is 0 Å². The predicted octanol–water partition coefficient (Wildman–Crippen LogP) is 6.25. The Balaban J connectivity index is 1.48. The van der Waals surface area contributed by atoms with Crippen LogP contribution in [-0.4, -0.2) is 42.0 Å². The number of carboxylic acid groups (broad SMARTS) is 1. The Kier molecular flexibility index (Phi) is 7.32. The van der Waals surface area contributed by atoms with E-state index in [0.29, 0.717) is 12.5 Å². The first-order valence-electron chi connectivity index (χ1n) is 13.3. The van der Waals surface area contributed by atoms with Gasteiger partial charge >= 0.3 is 5.97 Å². The molecule has 192 valence electrons. The highest BCUT2D eigenvalue weighted by Gasteiger charge is 2.44. The lowest BCUT2D eigenvalue weighted by atomic mass is 9.68. The third kappa shape index (κ3) is 4.88. The van der Waals surface area contributed by atoms with Gasteiger partial charge in [0.2, 0.25) is 0 Å². The lowest BCUT2D eigenvalue weighted by Gasteiger charge is -2.45. The van der Waals surface area contributed by atoms with E-state index in [1.807, 2.05) is 12.1 Å². The average molecular weight is 510 g/mol. The molecule has 5 nitrogen and oxygen atoms in total. The van der Waals surface area contributed by atoms with Crippen molar-refractivity contribution >= 4 is 23.3 Å². The van der Waals surface area contributed by atoms with E-state index in [2.05, 4.69) is 30.0 Å². The fraction of sp³-hybridized carbons (Fsp3) is 0.500. The van der Waals surface area contributed by atoms with E-state index in [9.17, 15) is 15.0 Å². The van der Waals surface area contributed by atoms with E-state index in [1.165, 1.54) is 11.1 Å². The molecule has 3 aliphatic rings. The van der Waals surface area contributed by atoms with Crippen molar-refractivity contribution in [2.45, 2.75) is 63.4 Å². The van der Waals surface area contributed by atoms with E-state index in [1.54, 1.807) is 18.2 Å². The zero-order valence-corrected chi connectivity index (χ0v) is 21.7. The Hall–Kier alpha value is -2.50. The topological polar surface area (TPSA) is 70.0 Å². The molecule has 1 heterocycles. The van der Waals surface area contributed by atoms with E-state index >= 15 is 0 Å². The maximum atomic E-state index is 11.8. The summed E-state index contributed by atoms with van der Waals surface area (Å²) >= 11 is 6.34. The number of allylic oxidation sites excluding steroid dienone is 1. The van der Waals surface area contributed by atoms with Gasteiger partial charge in [-0.15, -0.1) is 0 Å². The summed E-state index contributed by atoms with van der Waals surface area (Å²) in [6.45, 7) is 4.21. The first-order chi connectivity index (χ1) is 17.4. The lowest BCUT2D eigenvalue weighted by molar-refractivity contribution is 0.0456. The van der Waals surface area contributed by atoms with Crippen molar-refractivity contribution < 1.29 is 19.7 Å². The summed E-state index contributed by atoms with van der Waals surface area (Å²) in [6.07, 6.45) is 10.8. The summed E-state index contributed by atoms with van der Waals surface area (Å²) in [5, 5.41) is 21.3. The van der Waals surface area contributed by atoms with Crippen LogP contribution in [0.3, 0.4) is 0 Å². The smallest absolute Gasteiger partial charge is 0.335 e. The van der Waals surface area contributed by atoms with Gasteiger partial charge in [0.1, 0.15) is 5.75 Å². The van der Waals surface area contributed by atoms with Gasteiger partial charge in [-0.3, -0.25) is 0 Å². The Morgan fingerprint density at radius 2 is 2.14 bits per heavy atom. The summed E-state index contributed by atoms with van der Waals surface area (Å²) in [5.74, 6) is 0.363. The number of rotatable bonds is 7. The molecular formula is C30H36ClNO4. The molecule has 2 aliphatic carbocycles. The molecule has 0 radical (unpaired) electrons. The second kappa shape index (κ2) is 10.5. The van der Waals surface area contributed by atoms with Crippen molar-refractivity contribution in [2.75, 3.05) is 24.6 Å². The number of unbranched alkanes of at least 4 members (excludes halogenated alkanes) is 1. The first kappa shape index (κ1) is 25.2. The number of aliphatic hydroxyl groups excluding tert-OH is 1. The number of aromatic carboxylic acids is 1. The van der Waals surface area contributed by atoms with Crippen molar-refractivity contribution in [3.05, 3.63) is 70.3 Å². The SMILES string of the molecule is CCC/C=C/[C@H](O)[C@@H]1CC[C@H]1CN1C[C@@]2(CCCc3cc(Cl)ccc32)COc2ccc(C(=O)O)cc21. The Morgan fingerprint density at radius 1 is 1.28 bits per heavy atom. The summed E-state index contributed by atoms with van der Waals surface area (Å²) in [6, 6.07) is 11.4. The number of hydrogen-bond donors (Lipinski definition) is 2. The summed E-state index contributed by atoms with van der Waals surface area (Å²) in [4.78, 5) is 14.2. The quantitative estimate of drug-likeness (QED) is 0.431. The molecule has 4 atom stereocenters. The van der Waals surface area contributed by atoms with Gasteiger partial charge in [-0.05, 0) is 91.8 Å². The zero-order valence-electron chi connectivity index (χ0n) is 21.0. The van der Waals surface area contributed by atoms with Gasteiger partial charge in [-0.25, -0.2) is 4.79 Å². The maximum Gasteiger partial charge on any atom is 0.335 e. The number of fused-ring (bicyclic) bond motifs is 3. The Morgan fingerprint density at radius 3 is 2.89 bits per heavy atom. The molecular weight excluding hydrogens is 474 g/mol. The molecule has 1 aliphatic heterocycles. The second-order valence-electron chi connectivity index (χ2n) is 10.8. The molecule has 6 heteroatoms. The van der Waals surface area contributed by atoms with Crippen LogP contribution >= 0.6 is 11.6 Å². The highest BCUT2D eigenvalue weighted by Crippen LogP contribution is 2.46. The van der Waals surface area contributed by atoms with E-state index in [-0.39, 0.29) is 16.9 Å². The lowest BCUT2D eigenvalue weighted by Crippen LogP contribution is -2.49. The van der Waals surface area contributed by atoms with E-state index < -0.39 is 12.1 Å². The number of ether oxygens (including phenoxy) is 1. The van der Waals surface area contributed by atoms with Crippen LogP contribution in [-0.2, 0) is 11.8 Å². The minimum Gasteiger partial charge on any atom is -0.490 e. The molecule has 36 heavy (non-hydrogen) atoms. The standard InChI is InChI=1S/C30H36ClNO4/c1-2-3-4-7-27(33)24-11-8-22(24)17-32-18-30(14-5-6-20-15-23(31)10-12-25(20)30)19-36-28-13-9-21(29(34)35)16-26(28)32/h4,7,9-10,12-13,15-16,22,24,27,33H,2-3,5-6,8,11,14,17-19H2,1H3,(H,34,35)/b7-4+/t22-,24+,27-,30-/m0/s1. The third-order valence-corrected chi connectivity index (χ3v) is 8.68. The molecule has 1 fully saturated rings. The van der Waals surface area contributed by atoms with Crippen molar-refractivity contribution in [2.24, 2.45) is 11.8 Å². The number of aliphatic hydroxyl groups is 1. The van der Waals surface area contributed by atoms with Crippen LogP contribution in [0.4, 0.5) is 5.69 Å². The summed E-state index contributed by atoms with van der Waals surface area (Å²) < 4.78 is 6.44. The van der Waals surface area contributed by atoms with Gasteiger partial charge in [-0.1, -0.05) is 43.2 Å². The predicted molar refractivity (Wildman–Crippen MR) is 143 cm³/mol. The number of carboxylic acids is 1.